The zero-order valence-corrected chi connectivity index (χ0v) is 12.3. The highest BCUT2D eigenvalue weighted by Gasteiger charge is 2.10. The number of H-pyrrole nitrogens is 1. The Kier molecular flexibility index (Phi) is 4.15. The maximum Gasteiger partial charge on any atom is 0.0553 e. The van der Waals surface area contributed by atoms with E-state index >= 15 is 0 Å². The van der Waals surface area contributed by atoms with E-state index in [2.05, 4.69) is 65.4 Å². The molecule has 0 aliphatic rings. The number of unbranched alkanes of at least 4 members (excludes halogenated alkanes) is 1. The minimum absolute atomic E-state index is 0.893. The number of aromatic nitrogens is 1. The van der Waals surface area contributed by atoms with Crippen molar-refractivity contribution in [1.82, 2.24) is 4.98 Å². The van der Waals surface area contributed by atoms with Gasteiger partial charge in [-0.05, 0) is 18.1 Å². The molecule has 0 saturated carbocycles. The Hall–Kier alpha value is -2.35. The molecule has 0 bridgehead atoms. The van der Waals surface area contributed by atoms with Gasteiger partial charge in [0.1, 0.15) is 0 Å². The van der Waals surface area contributed by atoms with Gasteiger partial charge in [-0.15, -0.1) is 0 Å². The summed E-state index contributed by atoms with van der Waals surface area (Å²) in [4.78, 5) is 8.12. The van der Waals surface area contributed by atoms with Gasteiger partial charge in [-0.3, -0.25) is 4.99 Å². The largest absolute Gasteiger partial charge is 0.354 e. The monoisotopic (exact) mass is 276 g/mol. The van der Waals surface area contributed by atoms with Crippen molar-refractivity contribution >= 4 is 17.1 Å². The summed E-state index contributed by atoms with van der Waals surface area (Å²) in [7, 11) is 0. The fraction of sp³-hybridized carbons (Fsp3) is 0.211. The van der Waals surface area contributed by atoms with Gasteiger partial charge < -0.3 is 4.98 Å². The average Bonchev–Trinajstić information content (AvgIpc) is 2.91. The molecule has 0 atom stereocenters. The molecule has 0 spiro atoms. The Labute approximate surface area is 125 Å². The van der Waals surface area contributed by atoms with E-state index in [0.717, 1.165) is 24.2 Å². The lowest BCUT2D eigenvalue weighted by molar-refractivity contribution is 0.810. The van der Waals surface area contributed by atoms with Crippen molar-refractivity contribution in [2.75, 3.05) is 6.54 Å². The lowest BCUT2D eigenvalue weighted by atomic mass is 10.1. The van der Waals surface area contributed by atoms with E-state index in [0.29, 0.717) is 0 Å². The van der Waals surface area contributed by atoms with E-state index in [1.165, 1.54) is 22.9 Å². The van der Waals surface area contributed by atoms with E-state index in [9.17, 15) is 0 Å². The van der Waals surface area contributed by atoms with Crippen molar-refractivity contribution in [3.63, 3.8) is 0 Å². The smallest absolute Gasteiger partial charge is 0.0553 e. The summed E-state index contributed by atoms with van der Waals surface area (Å²) in [5.74, 6) is 0. The lowest BCUT2D eigenvalue weighted by Crippen LogP contribution is -1.87. The van der Waals surface area contributed by atoms with Gasteiger partial charge in [0, 0.05) is 29.2 Å². The van der Waals surface area contributed by atoms with Gasteiger partial charge in [0.25, 0.3) is 0 Å². The summed E-state index contributed by atoms with van der Waals surface area (Å²) >= 11 is 0. The molecule has 3 rings (SSSR count). The van der Waals surface area contributed by atoms with Crippen LogP contribution in [0, 0.1) is 0 Å². The van der Waals surface area contributed by atoms with Crippen LogP contribution in [0.2, 0.25) is 0 Å². The third kappa shape index (κ3) is 2.89. The van der Waals surface area contributed by atoms with E-state index in [1.54, 1.807) is 0 Å². The van der Waals surface area contributed by atoms with Crippen LogP contribution in [0.4, 0.5) is 0 Å². The van der Waals surface area contributed by atoms with E-state index in [-0.39, 0.29) is 0 Å². The minimum atomic E-state index is 0.893. The molecule has 0 aliphatic heterocycles. The normalized spacial score (nSPS) is 11.5. The predicted molar refractivity (Wildman–Crippen MR) is 91.1 cm³/mol. The summed E-state index contributed by atoms with van der Waals surface area (Å²) < 4.78 is 0. The fourth-order valence-electron chi connectivity index (χ4n) is 2.54. The van der Waals surface area contributed by atoms with Gasteiger partial charge in [0.2, 0.25) is 0 Å². The Morgan fingerprint density at radius 2 is 1.76 bits per heavy atom. The number of rotatable bonds is 5. The number of nitrogens with one attached hydrogen (secondary N) is 1. The molecule has 1 heterocycles. The highest BCUT2D eigenvalue weighted by molar-refractivity contribution is 6.05. The highest BCUT2D eigenvalue weighted by Crippen LogP contribution is 2.28. The molecule has 0 saturated heterocycles. The zero-order chi connectivity index (χ0) is 14.5. The number of hydrogen-bond donors (Lipinski definition) is 1. The molecule has 106 valence electrons. The molecule has 2 aromatic carbocycles. The van der Waals surface area contributed by atoms with Crippen LogP contribution in [0.5, 0.6) is 0 Å². The average molecular weight is 276 g/mol. The van der Waals surface area contributed by atoms with E-state index in [4.69, 9.17) is 0 Å². The summed E-state index contributed by atoms with van der Waals surface area (Å²) in [6.07, 6.45) is 4.34. The number of hydrogen-bond acceptors (Lipinski definition) is 1. The molecule has 3 aromatic rings. The van der Waals surface area contributed by atoms with Crippen molar-refractivity contribution in [1.29, 1.82) is 0 Å². The summed E-state index contributed by atoms with van der Waals surface area (Å²) in [6, 6.07) is 18.9. The Balaban J connectivity index is 2.08. The number of aliphatic imine (C=N–C) groups is 1. The van der Waals surface area contributed by atoms with Crippen LogP contribution < -0.4 is 0 Å². The van der Waals surface area contributed by atoms with Crippen molar-refractivity contribution in [2.24, 2.45) is 4.99 Å². The molecule has 0 fully saturated rings. The van der Waals surface area contributed by atoms with Gasteiger partial charge >= 0.3 is 0 Å². The molecule has 1 aromatic heterocycles. The third-order valence-corrected chi connectivity index (χ3v) is 3.67. The number of nitrogens with zero attached hydrogens (tertiary/aromatic N) is 1. The van der Waals surface area contributed by atoms with Gasteiger partial charge in [-0.2, -0.15) is 0 Å². The predicted octanol–water partition coefficient (Wildman–Crippen LogP) is 5.05. The van der Waals surface area contributed by atoms with Crippen LogP contribution in [0.25, 0.3) is 22.2 Å². The SMILES string of the molecule is CCCCN=Cc1c(-c2ccccc2)[nH]c2ccccc12. The number of para-hydroxylation sites is 1. The maximum absolute atomic E-state index is 4.59. The molecular formula is C19H20N2. The van der Waals surface area contributed by atoms with Crippen LogP contribution in [-0.4, -0.2) is 17.7 Å². The summed E-state index contributed by atoms with van der Waals surface area (Å²) in [6.45, 7) is 3.08. The Bertz CT molecular complexity index is 739. The van der Waals surface area contributed by atoms with Gasteiger partial charge in [0.05, 0.1) is 5.69 Å². The van der Waals surface area contributed by atoms with E-state index in [1.807, 2.05) is 12.3 Å². The first-order chi connectivity index (χ1) is 10.4. The van der Waals surface area contributed by atoms with E-state index < -0.39 is 0 Å². The molecule has 0 unspecified atom stereocenters. The first-order valence-corrected chi connectivity index (χ1v) is 7.56. The van der Waals surface area contributed by atoms with Crippen molar-refractivity contribution < 1.29 is 0 Å². The van der Waals surface area contributed by atoms with Crippen LogP contribution in [-0.2, 0) is 0 Å². The quantitative estimate of drug-likeness (QED) is 0.499. The van der Waals surface area contributed by atoms with Crippen molar-refractivity contribution in [3.05, 3.63) is 60.2 Å². The van der Waals surface area contributed by atoms with Gasteiger partial charge in [0.15, 0.2) is 0 Å². The van der Waals surface area contributed by atoms with Crippen LogP contribution in [0.3, 0.4) is 0 Å². The second-order valence-corrected chi connectivity index (χ2v) is 5.21. The Morgan fingerprint density at radius 1 is 1.00 bits per heavy atom. The first kappa shape index (κ1) is 13.6. The van der Waals surface area contributed by atoms with Crippen LogP contribution in [0.15, 0.2) is 59.6 Å². The maximum atomic E-state index is 4.59. The number of benzene rings is 2. The molecule has 1 N–H and O–H groups in total. The topological polar surface area (TPSA) is 28.1 Å². The highest BCUT2D eigenvalue weighted by atomic mass is 14.7. The first-order valence-electron chi connectivity index (χ1n) is 7.56. The molecule has 21 heavy (non-hydrogen) atoms. The zero-order valence-electron chi connectivity index (χ0n) is 12.3. The van der Waals surface area contributed by atoms with Crippen molar-refractivity contribution in [2.45, 2.75) is 19.8 Å². The van der Waals surface area contributed by atoms with Crippen molar-refractivity contribution in [3.8, 4) is 11.3 Å². The lowest BCUT2D eigenvalue weighted by Gasteiger charge is -2.00. The number of fused-ring (bicyclic) bond motifs is 1. The molecule has 0 aliphatic carbocycles. The summed E-state index contributed by atoms with van der Waals surface area (Å²) in [5.41, 5.74) is 4.70. The van der Waals surface area contributed by atoms with Crippen LogP contribution in [0.1, 0.15) is 25.3 Å². The number of aromatic amines is 1. The van der Waals surface area contributed by atoms with Gasteiger partial charge in [-0.1, -0.05) is 61.9 Å². The molecule has 0 amide bonds. The standard InChI is InChI=1S/C19H20N2/c1-2-3-13-20-14-17-16-11-7-8-12-18(16)21-19(17)15-9-5-4-6-10-15/h4-12,14,21H,2-3,13H2,1H3. The van der Waals surface area contributed by atoms with Gasteiger partial charge in [-0.25, -0.2) is 0 Å². The molecule has 2 nitrogen and oxygen atoms in total. The minimum Gasteiger partial charge on any atom is -0.354 e. The molecular weight excluding hydrogens is 256 g/mol. The molecule has 2 heteroatoms. The second-order valence-electron chi connectivity index (χ2n) is 5.21. The Morgan fingerprint density at radius 3 is 2.57 bits per heavy atom. The summed E-state index contributed by atoms with van der Waals surface area (Å²) in [5, 5.41) is 1.23. The van der Waals surface area contributed by atoms with Crippen LogP contribution >= 0.6 is 0 Å². The molecule has 0 radical (unpaired) electrons. The third-order valence-electron chi connectivity index (χ3n) is 3.67. The fourth-order valence-corrected chi connectivity index (χ4v) is 2.54. The second kappa shape index (κ2) is 6.40.